The van der Waals surface area contributed by atoms with E-state index in [-0.39, 0.29) is 5.91 Å². The zero-order valence-corrected chi connectivity index (χ0v) is 14.4. The lowest BCUT2D eigenvalue weighted by Gasteiger charge is -2.22. The van der Waals surface area contributed by atoms with E-state index in [1.165, 1.54) is 10.6 Å². The molecule has 23 heavy (non-hydrogen) atoms. The first kappa shape index (κ1) is 16.1. The van der Waals surface area contributed by atoms with Crippen molar-refractivity contribution in [2.75, 3.05) is 18.4 Å². The highest BCUT2D eigenvalue weighted by Crippen LogP contribution is 2.21. The zero-order valence-electron chi connectivity index (χ0n) is 13.6. The first-order valence-corrected chi connectivity index (χ1v) is 8.44. The van der Waals surface area contributed by atoms with Crippen LogP contribution in [0.25, 0.3) is 0 Å². The predicted octanol–water partition coefficient (Wildman–Crippen LogP) is 2.35. The van der Waals surface area contributed by atoms with Crippen molar-refractivity contribution >= 4 is 23.2 Å². The minimum absolute atomic E-state index is 0.0477. The van der Waals surface area contributed by atoms with E-state index in [4.69, 9.17) is 11.6 Å². The Bertz CT molecular complexity index is 710. The van der Waals surface area contributed by atoms with Crippen LogP contribution in [0.15, 0.2) is 36.5 Å². The van der Waals surface area contributed by atoms with Gasteiger partial charge in [-0.25, -0.2) is 0 Å². The molecule has 3 rings (SSSR count). The fourth-order valence-electron chi connectivity index (χ4n) is 3.45. The van der Waals surface area contributed by atoms with Crippen molar-refractivity contribution in [3.8, 4) is 0 Å². The smallest absolute Gasteiger partial charge is 0.279 e. The molecular formula is C18H23ClN3O+. The van der Waals surface area contributed by atoms with Crippen molar-refractivity contribution in [1.29, 1.82) is 0 Å². The van der Waals surface area contributed by atoms with Gasteiger partial charge in [-0.3, -0.25) is 4.79 Å². The molecule has 1 aliphatic heterocycles. The van der Waals surface area contributed by atoms with Gasteiger partial charge >= 0.3 is 0 Å². The summed E-state index contributed by atoms with van der Waals surface area (Å²) in [5, 5.41) is 3.65. The van der Waals surface area contributed by atoms with Crippen molar-refractivity contribution in [2.24, 2.45) is 7.05 Å². The highest BCUT2D eigenvalue weighted by molar-refractivity contribution is 6.31. The fraction of sp³-hybridized carbons (Fsp3) is 0.389. The Labute approximate surface area is 142 Å². The SMILES string of the molecule is Cc1ccc(Cl)cc1NC(=O)C[NH+]1CCC[C@H]1c1cccn1C. The zero-order chi connectivity index (χ0) is 16.4. The summed E-state index contributed by atoms with van der Waals surface area (Å²) in [7, 11) is 2.07. The maximum atomic E-state index is 12.5. The van der Waals surface area contributed by atoms with E-state index in [2.05, 4.69) is 35.3 Å². The van der Waals surface area contributed by atoms with Crippen LogP contribution in [0.3, 0.4) is 0 Å². The molecule has 1 unspecified atom stereocenters. The molecule has 1 amide bonds. The van der Waals surface area contributed by atoms with Crippen LogP contribution in [0.5, 0.6) is 0 Å². The number of nitrogens with one attached hydrogen (secondary N) is 2. The molecule has 1 fully saturated rings. The highest BCUT2D eigenvalue weighted by atomic mass is 35.5. The molecular weight excluding hydrogens is 310 g/mol. The molecule has 2 atom stereocenters. The van der Waals surface area contributed by atoms with Gasteiger partial charge in [0.15, 0.2) is 6.54 Å². The molecule has 0 spiro atoms. The molecule has 5 heteroatoms. The van der Waals surface area contributed by atoms with E-state index in [9.17, 15) is 4.79 Å². The van der Waals surface area contributed by atoms with Crippen LogP contribution < -0.4 is 10.2 Å². The number of aryl methyl sites for hydroxylation is 2. The molecule has 2 heterocycles. The molecule has 4 nitrogen and oxygen atoms in total. The van der Waals surface area contributed by atoms with Crippen molar-refractivity contribution < 1.29 is 9.69 Å². The average molecular weight is 333 g/mol. The van der Waals surface area contributed by atoms with Gasteiger partial charge < -0.3 is 14.8 Å². The van der Waals surface area contributed by atoms with Gasteiger partial charge in [0, 0.05) is 36.8 Å². The second kappa shape index (κ2) is 6.77. The number of benzene rings is 1. The Hall–Kier alpha value is -1.78. The molecule has 0 radical (unpaired) electrons. The van der Waals surface area contributed by atoms with E-state index in [1.54, 1.807) is 0 Å². The fourth-order valence-corrected chi connectivity index (χ4v) is 3.62. The van der Waals surface area contributed by atoms with Crippen LogP contribution in [0.1, 0.15) is 30.1 Å². The maximum Gasteiger partial charge on any atom is 0.279 e. The van der Waals surface area contributed by atoms with E-state index < -0.39 is 0 Å². The lowest BCUT2D eigenvalue weighted by molar-refractivity contribution is -0.910. The molecule has 2 aromatic rings. The first-order chi connectivity index (χ1) is 11.0. The topological polar surface area (TPSA) is 38.5 Å². The average Bonchev–Trinajstić information content (AvgIpc) is 3.11. The summed E-state index contributed by atoms with van der Waals surface area (Å²) in [4.78, 5) is 13.8. The Kier molecular flexibility index (Phi) is 4.74. The van der Waals surface area contributed by atoms with E-state index in [0.29, 0.717) is 17.6 Å². The summed E-state index contributed by atoms with van der Waals surface area (Å²) in [5.41, 5.74) is 3.14. The molecule has 1 aliphatic rings. The molecule has 2 N–H and O–H groups in total. The summed E-state index contributed by atoms with van der Waals surface area (Å²) >= 11 is 6.02. The maximum absolute atomic E-state index is 12.5. The van der Waals surface area contributed by atoms with Gasteiger partial charge in [-0.15, -0.1) is 0 Å². The second-order valence-electron chi connectivity index (χ2n) is 6.33. The Morgan fingerprint density at radius 1 is 1.43 bits per heavy atom. The third-order valence-electron chi connectivity index (χ3n) is 4.69. The lowest BCUT2D eigenvalue weighted by Crippen LogP contribution is -3.11. The molecule has 1 aromatic heterocycles. The van der Waals surface area contributed by atoms with Gasteiger partial charge in [0.25, 0.3) is 5.91 Å². The van der Waals surface area contributed by atoms with Crippen molar-refractivity contribution in [3.63, 3.8) is 0 Å². The summed E-state index contributed by atoms with van der Waals surface area (Å²) in [6.45, 7) is 3.50. The number of halogens is 1. The van der Waals surface area contributed by atoms with Crippen molar-refractivity contribution in [1.82, 2.24) is 4.57 Å². The van der Waals surface area contributed by atoms with E-state index >= 15 is 0 Å². The lowest BCUT2D eigenvalue weighted by atomic mass is 10.1. The van der Waals surface area contributed by atoms with Gasteiger partial charge in [-0.2, -0.15) is 0 Å². The number of rotatable bonds is 4. The van der Waals surface area contributed by atoms with Gasteiger partial charge in [-0.1, -0.05) is 17.7 Å². The van der Waals surface area contributed by atoms with Gasteiger partial charge in [-0.05, 0) is 36.8 Å². The van der Waals surface area contributed by atoms with Gasteiger partial charge in [0.2, 0.25) is 0 Å². The standard InChI is InChI=1S/C18H22ClN3O/c1-13-7-8-14(19)11-15(13)20-18(23)12-22-10-4-6-17(22)16-5-3-9-21(16)2/h3,5,7-9,11,17H,4,6,10,12H2,1-2H3,(H,20,23)/p+1/t17-/m0/s1. The summed E-state index contributed by atoms with van der Waals surface area (Å²) < 4.78 is 2.16. The summed E-state index contributed by atoms with van der Waals surface area (Å²) in [5.74, 6) is 0.0477. The van der Waals surface area contributed by atoms with Crippen LogP contribution in [0, 0.1) is 6.92 Å². The summed E-state index contributed by atoms with van der Waals surface area (Å²) in [6, 6.07) is 10.2. The van der Waals surface area contributed by atoms with Crippen LogP contribution in [0.2, 0.25) is 5.02 Å². The number of likely N-dealkylation sites (tertiary alicyclic amines) is 1. The molecule has 0 saturated carbocycles. The minimum Gasteiger partial charge on any atom is -0.350 e. The normalized spacial score (nSPS) is 20.7. The quantitative estimate of drug-likeness (QED) is 0.886. The van der Waals surface area contributed by atoms with Gasteiger partial charge in [0.1, 0.15) is 6.04 Å². The number of nitrogens with zero attached hydrogens (tertiary/aromatic N) is 1. The molecule has 0 bridgehead atoms. The number of carbonyl (C=O) groups excluding carboxylic acids is 1. The number of hydrogen-bond donors (Lipinski definition) is 2. The third kappa shape index (κ3) is 3.59. The number of aromatic nitrogens is 1. The Balaban J connectivity index is 1.67. The number of hydrogen-bond acceptors (Lipinski definition) is 1. The van der Waals surface area contributed by atoms with Crippen LogP contribution in [-0.4, -0.2) is 23.6 Å². The molecule has 0 aliphatic carbocycles. The Morgan fingerprint density at radius 2 is 2.26 bits per heavy atom. The third-order valence-corrected chi connectivity index (χ3v) is 4.92. The second-order valence-corrected chi connectivity index (χ2v) is 6.77. The van der Waals surface area contributed by atoms with Crippen LogP contribution in [0.4, 0.5) is 5.69 Å². The van der Waals surface area contributed by atoms with E-state index in [0.717, 1.165) is 30.6 Å². The Morgan fingerprint density at radius 3 is 3.00 bits per heavy atom. The number of amides is 1. The summed E-state index contributed by atoms with van der Waals surface area (Å²) in [6.07, 6.45) is 4.37. The highest BCUT2D eigenvalue weighted by Gasteiger charge is 2.32. The monoisotopic (exact) mass is 332 g/mol. The molecule has 1 saturated heterocycles. The minimum atomic E-state index is 0.0477. The van der Waals surface area contributed by atoms with Gasteiger partial charge in [0.05, 0.1) is 12.2 Å². The van der Waals surface area contributed by atoms with Crippen molar-refractivity contribution in [3.05, 3.63) is 52.8 Å². The number of quaternary nitrogens is 1. The van der Waals surface area contributed by atoms with Crippen molar-refractivity contribution in [2.45, 2.75) is 25.8 Å². The van der Waals surface area contributed by atoms with Crippen LogP contribution >= 0.6 is 11.6 Å². The number of carbonyl (C=O) groups is 1. The predicted molar refractivity (Wildman–Crippen MR) is 92.9 cm³/mol. The molecule has 1 aromatic carbocycles. The number of anilines is 1. The largest absolute Gasteiger partial charge is 0.350 e. The van der Waals surface area contributed by atoms with E-state index in [1.807, 2.05) is 25.1 Å². The molecule has 122 valence electrons. The van der Waals surface area contributed by atoms with Crippen LogP contribution in [-0.2, 0) is 11.8 Å². The first-order valence-electron chi connectivity index (χ1n) is 8.06.